The molecule has 3 aliphatic rings. The van der Waals surface area contributed by atoms with E-state index in [1.54, 1.807) is 14.2 Å². The van der Waals surface area contributed by atoms with Crippen LogP contribution in [0.25, 0.3) is 0 Å². The molecule has 2 saturated carbocycles. The molecule has 2 aliphatic carbocycles. The predicted molar refractivity (Wildman–Crippen MR) is 149 cm³/mol. The highest BCUT2D eigenvalue weighted by molar-refractivity contribution is 6.31. The van der Waals surface area contributed by atoms with Crippen LogP contribution in [0.5, 0.6) is 11.5 Å². The van der Waals surface area contributed by atoms with Crippen LogP contribution in [0.4, 0.5) is 28.0 Å². The highest BCUT2D eigenvalue weighted by atomic mass is 35.5. The fourth-order valence-electron chi connectivity index (χ4n) is 6.04. The maximum atomic E-state index is 13.5. The number of urea groups is 1. The van der Waals surface area contributed by atoms with E-state index in [9.17, 15) is 22.4 Å². The summed E-state index contributed by atoms with van der Waals surface area (Å²) in [5.41, 5.74) is 1.80. The number of alkyl halides is 3. The Bertz CT molecular complexity index is 1290. The summed E-state index contributed by atoms with van der Waals surface area (Å²) in [5.74, 6) is -0.960. The zero-order valence-electron chi connectivity index (χ0n) is 23.3. The van der Waals surface area contributed by atoms with Crippen LogP contribution in [0.1, 0.15) is 44.1 Å². The smallest absolute Gasteiger partial charge is 0.490 e. The summed E-state index contributed by atoms with van der Waals surface area (Å²) in [6, 6.07) is 10.7. The molecular weight excluding hydrogens is 582 g/mol. The number of ether oxygens (including phenoxy) is 2. The highest BCUT2D eigenvalue weighted by Gasteiger charge is 2.52. The summed E-state index contributed by atoms with van der Waals surface area (Å²) in [7, 11) is 3.34. The van der Waals surface area contributed by atoms with Gasteiger partial charge in [-0.3, -0.25) is 4.90 Å². The number of rotatable bonds is 7. The second-order valence-electron chi connectivity index (χ2n) is 10.9. The van der Waals surface area contributed by atoms with Crippen molar-refractivity contribution in [3.8, 4) is 11.5 Å². The summed E-state index contributed by atoms with van der Waals surface area (Å²) < 4.78 is 56.3. The number of methoxy groups -OCH3 is 2. The van der Waals surface area contributed by atoms with Gasteiger partial charge in [0.05, 0.1) is 19.2 Å². The molecule has 2 amide bonds. The average Bonchev–Trinajstić information content (AvgIpc) is 3.70. The minimum absolute atomic E-state index is 0.0122. The normalized spacial score (nSPS) is 23.7. The molecule has 230 valence electrons. The molecule has 42 heavy (non-hydrogen) atoms. The summed E-state index contributed by atoms with van der Waals surface area (Å²) >= 11 is 5.86. The van der Waals surface area contributed by atoms with Gasteiger partial charge in [0.15, 0.2) is 11.5 Å². The molecule has 1 saturated heterocycles. The second-order valence-corrected chi connectivity index (χ2v) is 11.3. The quantitative estimate of drug-likeness (QED) is 0.320. The molecule has 5 rings (SSSR count). The molecule has 1 aliphatic heterocycles. The number of nitrogens with one attached hydrogen (secondary N) is 2. The van der Waals surface area contributed by atoms with Gasteiger partial charge in [0.1, 0.15) is 5.82 Å². The number of benzene rings is 2. The van der Waals surface area contributed by atoms with Crippen LogP contribution in [0.3, 0.4) is 0 Å². The van der Waals surface area contributed by atoms with Crippen LogP contribution in [0, 0.1) is 11.7 Å². The Balaban J connectivity index is 0.000000517. The monoisotopic (exact) mass is 615 g/mol. The molecule has 3 N–H and O–H groups in total. The fourth-order valence-corrected chi connectivity index (χ4v) is 6.22. The molecule has 13 heteroatoms. The third kappa shape index (κ3) is 7.38. The molecule has 3 atom stereocenters. The first-order valence-corrected chi connectivity index (χ1v) is 14.0. The standard InChI is InChI=1S/C27H33ClFN3O3.C2HF3O2/c1-34-23-8-5-18(13-24(23)35-2)27-10-9-20(15-25(27)32(12-11-27)16-17-3-4-17)31-26(33)30-19-6-7-22(29)21(28)14-19;3-2(4,5)1(6)7/h5-8,13-14,17,20,25H,3-4,9-12,15-16H2,1-2H3,(H2,30,31,33);(H,6,7)/t20-,25+,27+;/m1./s1. The number of amides is 2. The van der Waals surface area contributed by atoms with Crippen molar-refractivity contribution in [1.82, 2.24) is 10.2 Å². The largest absolute Gasteiger partial charge is 0.493 e. The number of carboxylic acids is 1. The van der Waals surface area contributed by atoms with Crippen molar-refractivity contribution in [1.29, 1.82) is 0 Å². The number of halogens is 5. The molecule has 0 unspecified atom stereocenters. The van der Waals surface area contributed by atoms with Gasteiger partial charge in [-0.25, -0.2) is 14.0 Å². The first-order chi connectivity index (χ1) is 19.9. The van der Waals surface area contributed by atoms with E-state index in [0.29, 0.717) is 11.7 Å². The lowest BCUT2D eigenvalue weighted by Crippen LogP contribution is -2.53. The minimum Gasteiger partial charge on any atom is -0.493 e. The van der Waals surface area contributed by atoms with Gasteiger partial charge in [-0.05, 0) is 86.9 Å². The van der Waals surface area contributed by atoms with E-state index in [4.69, 9.17) is 31.0 Å². The maximum absolute atomic E-state index is 13.5. The minimum atomic E-state index is -5.08. The topological polar surface area (TPSA) is 100 Å². The number of aliphatic carboxylic acids is 1. The maximum Gasteiger partial charge on any atom is 0.490 e. The first kappa shape index (κ1) is 31.7. The van der Waals surface area contributed by atoms with Crippen molar-refractivity contribution in [3.05, 3.63) is 52.8 Å². The van der Waals surface area contributed by atoms with Gasteiger partial charge in [0.2, 0.25) is 0 Å². The molecule has 8 nitrogen and oxygen atoms in total. The van der Waals surface area contributed by atoms with E-state index < -0.39 is 18.0 Å². The number of hydrogen-bond acceptors (Lipinski definition) is 5. The molecular formula is C29H34ClF4N3O5. The first-order valence-electron chi connectivity index (χ1n) is 13.7. The van der Waals surface area contributed by atoms with Crippen LogP contribution in [-0.4, -0.2) is 67.6 Å². The number of nitrogens with zero attached hydrogens (tertiary/aromatic N) is 1. The van der Waals surface area contributed by atoms with Crippen LogP contribution < -0.4 is 20.1 Å². The zero-order valence-corrected chi connectivity index (χ0v) is 24.0. The van der Waals surface area contributed by atoms with E-state index in [1.807, 2.05) is 6.07 Å². The van der Waals surface area contributed by atoms with Crippen molar-refractivity contribution in [2.24, 2.45) is 5.92 Å². The molecule has 2 aromatic rings. The van der Waals surface area contributed by atoms with E-state index in [-0.39, 0.29) is 22.5 Å². The summed E-state index contributed by atoms with van der Waals surface area (Å²) in [6.07, 6.45) is 1.42. The van der Waals surface area contributed by atoms with E-state index in [0.717, 1.165) is 56.2 Å². The lowest BCUT2D eigenvalue weighted by molar-refractivity contribution is -0.192. The average molecular weight is 616 g/mol. The number of carbonyl (C=O) groups is 2. The second kappa shape index (κ2) is 12.9. The van der Waals surface area contributed by atoms with E-state index in [2.05, 4.69) is 27.7 Å². The number of carboxylic acid groups (broad SMARTS) is 1. The van der Waals surface area contributed by atoms with Crippen LogP contribution in [0.15, 0.2) is 36.4 Å². The van der Waals surface area contributed by atoms with Crippen LogP contribution in [-0.2, 0) is 10.2 Å². The molecule has 0 aromatic heterocycles. The molecule has 0 spiro atoms. The van der Waals surface area contributed by atoms with Crippen molar-refractivity contribution < 1.29 is 41.7 Å². The molecule has 0 bridgehead atoms. The Morgan fingerprint density at radius 1 is 1.07 bits per heavy atom. The van der Waals surface area contributed by atoms with Crippen molar-refractivity contribution in [3.63, 3.8) is 0 Å². The molecule has 1 heterocycles. The Morgan fingerprint density at radius 2 is 1.76 bits per heavy atom. The van der Waals surface area contributed by atoms with Crippen molar-refractivity contribution in [2.75, 3.05) is 32.6 Å². The Labute approximate surface area is 246 Å². The number of fused-ring (bicyclic) bond motifs is 1. The summed E-state index contributed by atoms with van der Waals surface area (Å²) in [5, 5.41) is 13.1. The van der Waals surface area contributed by atoms with Crippen LogP contribution >= 0.6 is 11.6 Å². The van der Waals surface area contributed by atoms with Gasteiger partial charge in [0.25, 0.3) is 0 Å². The van der Waals surface area contributed by atoms with Gasteiger partial charge >= 0.3 is 18.2 Å². The summed E-state index contributed by atoms with van der Waals surface area (Å²) in [6.45, 7) is 2.20. The third-order valence-corrected chi connectivity index (χ3v) is 8.56. The van der Waals surface area contributed by atoms with Gasteiger partial charge in [0, 0.05) is 29.7 Å². The summed E-state index contributed by atoms with van der Waals surface area (Å²) in [4.78, 5) is 24.3. The highest BCUT2D eigenvalue weighted by Crippen LogP contribution is 2.51. The fraction of sp³-hybridized carbons (Fsp3) is 0.517. The zero-order chi connectivity index (χ0) is 30.7. The van der Waals surface area contributed by atoms with Gasteiger partial charge in [-0.1, -0.05) is 17.7 Å². The molecule has 0 radical (unpaired) electrons. The molecule has 3 fully saturated rings. The van der Waals surface area contributed by atoms with Crippen molar-refractivity contribution in [2.45, 2.75) is 62.2 Å². The number of likely N-dealkylation sites (tertiary alicyclic amines) is 1. The molecule has 2 aromatic carbocycles. The third-order valence-electron chi connectivity index (χ3n) is 8.27. The van der Waals surface area contributed by atoms with Gasteiger partial charge < -0.3 is 25.2 Å². The Kier molecular flexibility index (Phi) is 9.77. The van der Waals surface area contributed by atoms with Gasteiger partial charge in [-0.15, -0.1) is 0 Å². The number of carbonyl (C=O) groups excluding carboxylic acids is 1. The SMILES string of the molecule is COc1ccc([C@@]23CC[C@@H](NC(=O)Nc4ccc(F)c(Cl)c4)C[C@@H]2N(CC2CC2)CC3)cc1OC.O=C(O)C(F)(F)F. The number of hydrogen-bond donors (Lipinski definition) is 3. The van der Waals surface area contributed by atoms with Gasteiger partial charge in [-0.2, -0.15) is 13.2 Å². The van der Waals surface area contributed by atoms with E-state index in [1.165, 1.54) is 36.6 Å². The number of anilines is 1. The van der Waals surface area contributed by atoms with Crippen LogP contribution in [0.2, 0.25) is 5.02 Å². The predicted octanol–water partition coefficient (Wildman–Crippen LogP) is 6.23. The van der Waals surface area contributed by atoms with E-state index >= 15 is 0 Å². The van der Waals surface area contributed by atoms with Crippen molar-refractivity contribution >= 4 is 29.3 Å². The lowest BCUT2D eigenvalue weighted by Gasteiger charge is -2.45. The lowest BCUT2D eigenvalue weighted by atomic mass is 9.65. The Morgan fingerprint density at radius 3 is 2.36 bits per heavy atom. The Hall–Kier alpha value is -3.25.